The average Bonchev–Trinajstić information content (AvgIpc) is 2.97. The molecule has 0 atom stereocenters. The van der Waals surface area contributed by atoms with E-state index in [-0.39, 0.29) is 6.10 Å². The summed E-state index contributed by atoms with van der Waals surface area (Å²) in [6.45, 7) is 8.60. The number of benzene rings is 1. The first-order valence-corrected chi connectivity index (χ1v) is 13.9. The van der Waals surface area contributed by atoms with E-state index in [0.29, 0.717) is 6.04 Å². The van der Waals surface area contributed by atoms with Crippen molar-refractivity contribution in [3.63, 3.8) is 0 Å². The lowest BCUT2D eigenvalue weighted by Crippen LogP contribution is -2.43. The lowest BCUT2D eigenvalue weighted by molar-refractivity contribution is 0.122. The molecule has 0 radical (unpaired) electrons. The Bertz CT molecular complexity index is 1190. The lowest BCUT2D eigenvalue weighted by atomic mass is 9.93. The van der Waals surface area contributed by atoms with Crippen molar-refractivity contribution in [2.75, 3.05) is 69.7 Å². The second-order valence-corrected chi connectivity index (χ2v) is 10.7. The number of morpholine rings is 1. The van der Waals surface area contributed by atoms with Crippen molar-refractivity contribution in [3.8, 4) is 5.75 Å². The second kappa shape index (κ2) is 11.8. The Morgan fingerprint density at radius 2 is 1.63 bits per heavy atom. The van der Waals surface area contributed by atoms with E-state index in [4.69, 9.17) is 9.47 Å². The lowest BCUT2D eigenvalue weighted by Gasteiger charge is -2.32. The van der Waals surface area contributed by atoms with E-state index >= 15 is 0 Å². The van der Waals surface area contributed by atoms with Gasteiger partial charge in [0.15, 0.2) is 0 Å². The molecule has 1 aromatic carbocycles. The smallest absolute Gasteiger partial charge is 0.222 e. The van der Waals surface area contributed by atoms with Gasteiger partial charge in [-0.25, -0.2) is 15.0 Å². The molecule has 1 aliphatic carbocycles. The molecule has 0 unspecified atom stereocenters. The van der Waals surface area contributed by atoms with Crippen LogP contribution in [0.2, 0.25) is 0 Å². The summed E-state index contributed by atoms with van der Waals surface area (Å²) in [6, 6.07) is 4.59. The Morgan fingerprint density at radius 3 is 2.39 bits per heavy atom. The molecule has 10 heteroatoms. The zero-order valence-corrected chi connectivity index (χ0v) is 22.3. The average molecular weight is 519 g/mol. The molecule has 0 bridgehead atoms. The number of aromatic nitrogens is 4. The van der Waals surface area contributed by atoms with Crippen LogP contribution in [0.1, 0.15) is 31.2 Å². The minimum absolute atomic E-state index is 0.157. The van der Waals surface area contributed by atoms with Gasteiger partial charge in [0.05, 0.1) is 24.8 Å². The molecule has 3 aliphatic rings. The van der Waals surface area contributed by atoms with E-state index in [1.54, 1.807) is 12.4 Å². The molecule has 2 aliphatic heterocycles. The third-order valence-corrected chi connectivity index (χ3v) is 7.91. The minimum atomic E-state index is 0.157. The van der Waals surface area contributed by atoms with Crippen molar-refractivity contribution in [1.82, 2.24) is 29.7 Å². The van der Waals surface area contributed by atoms with Crippen LogP contribution >= 0.6 is 0 Å². The third-order valence-electron chi connectivity index (χ3n) is 7.91. The number of piperazine rings is 1. The maximum absolute atomic E-state index is 6.57. The third kappa shape index (κ3) is 6.14. The van der Waals surface area contributed by atoms with Gasteiger partial charge in [-0.15, -0.1) is 0 Å². The van der Waals surface area contributed by atoms with Crippen molar-refractivity contribution in [1.29, 1.82) is 0 Å². The molecule has 0 amide bonds. The van der Waals surface area contributed by atoms with Crippen molar-refractivity contribution in [3.05, 3.63) is 42.5 Å². The zero-order chi connectivity index (χ0) is 25.7. The first kappa shape index (κ1) is 25.2. The van der Waals surface area contributed by atoms with E-state index in [2.05, 4.69) is 59.1 Å². The fraction of sp³-hybridized carbons (Fsp3) is 0.571. The van der Waals surface area contributed by atoms with Crippen molar-refractivity contribution in [2.45, 2.75) is 44.4 Å². The molecule has 6 rings (SSSR count). The van der Waals surface area contributed by atoms with Gasteiger partial charge in [-0.3, -0.25) is 9.88 Å². The van der Waals surface area contributed by atoms with Crippen LogP contribution in [0.5, 0.6) is 5.75 Å². The number of nitrogens with one attached hydrogen (secondary N) is 1. The summed E-state index contributed by atoms with van der Waals surface area (Å²) in [4.78, 5) is 25.5. The van der Waals surface area contributed by atoms with Gasteiger partial charge in [-0.1, -0.05) is 0 Å². The molecule has 3 fully saturated rings. The van der Waals surface area contributed by atoms with Crippen LogP contribution in [0.15, 0.2) is 36.9 Å². The van der Waals surface area contributed by atoms with Crippen LogP contribution in [0.3, 0.4) is 0 Å². The highest BCUT2D eigenvalue weighted by Crippen LogP contribution is 2.33. The van der Waals surface area contributed by atoms with Crippen molar-refractivity contribution < 1.29 is 9.47 Å². The van der Waals surface area contributed by atoms with Gasteiger partial charge in [0.1, 0.15) is 11.3 Å². The molecule has 2 saturated heterocycles. The molecule has 4 heterocycles. The number of nitrogens with zero attached hydrogens (tertiary/aromatic N) is 7. The van der Waals surface area contributed by atoms with Gasteiger partial charge >= 0.3 is 0 Å². The van der Waals surface area contributed by atoms with Gasteiger partial charge < -0.3 is 24.6 Å². The monoisotopic (exact) mass is 518 g/mol. The number of rotatable bonds is 7. The van der Waals surface area contributed by atoms with E-state index < -0.39 is 0 Å². The van der Waals surface area contributed by atoms with Crippen LogP contribution in [0.25, 0.3) is 11.0 Å². The van der Waals surface area contributed by atoms with Crippen LogP contribution in [-0.4, -0.2) is 101 Å². The van der Waals surface area contributed by atoms with Crippen LogP contribution in [0, 0.1) is 0 Å². The summed E-state index contributed by atoms with van der Waals surface area (Å²) >= 11 is 0. The van der Waals surface area contributed by atoms with Crippen LogP contribution in [-0.2, 0) is 11.3 Å². The summed E-state index contributed by atoms with van der Waals surface area (Å²) in [6.07, 6.45) is 11.6. The normalized spacial score (nSPS) is 23.4. The first-order chi connectivity index (χ1) is 18.7. The Balaban J connectivity index is 1.03. The minimum Gasteiger partial charge on any atom is -0.488 e. The van der Waals surface area contributed by atoms with Gasteiger partial charge in [0.25, 0.3) is 0 Å². The number of ether oxygens (including phenoxy) is 2. The summed E-state index contributed by atoms with van der Waals surface area (Å²) in [5, 5.41) is 3.54. The number of fused-ring (bicyclic) bond motifs is 1. The Labute approximate surface area is 224 Å². The topological polar surface area (TPSA) is 91.8 Å². The first-order valence-electron chi connectivity index (χ1n) is 13.9. The fourth-order valence-electron chi connectivity index (χ4n) is 5.58. The van der Waals surface area contributed by atoms with Crippen LogP contribution in [0.4, 0.5) is 11.6 Å². The summed E-state index contributed by atoms with van der Waals surface area (Å²) in [5.74, 6) is 1.55. The standard InChI is InChI=1S/C28H38N8O2/c1-34-8-10-35(11-9-34)20-21-18-31-28(32-19-21)33-22-2-4-24(5-3-22)38-26-17-23(36-12-14-37-15-13-36)16-25-27(26)30-7-6-29-25/h6-7,16-19,22,24H,2-5,8-15,20H2,1H3,(H,31,32,33)/t22-,24+. The molecule has 1 N–H and O–H groups in total. The Morgan fingerprint density at radius 1 is 0.895 bits per heavy atom. The maximum Gasteiger partial charge on any atom is 0.222 e. The fourth-order valence-corrected chi connectivity index (χ4v) is 5.58. The van der Waals surface area contributed by atoms with Crippen molar-refractivity contribution in [2.24, 2.45) is 0 Å². The highest BCUT2D eigenvalue weighted by Gasteiger charge is 2.25. The highest BCUT2D eigenvalue weighted by molar-refractivity contribution is 5.85. The van der Waals surface area contributed by atoms with Gasteiger partial charge in [-0.2, -0.15) is 0 Å². The molecule has 3 aromatic rings. The van der Waals surface area contributed by atoms with E-state index in [9.17, 15) is 0 Å². The second-order valence-electron chi connectivity index (χ2n) is 10.7. The van der Waals surface area contributed by atoms with Gasteiger partial charge in [-0.05, 0) is 38.8 Å². The van der Waals surface area contributed by atoms with E-state index in [1.165, 1.54) is 5.56 Å². The molecular weight excluding hydrogens is 480 g/mol. The molecule has 202 valence electrons. The number of likely N-dealkylation sites (N-methyl/N-ethyl adjacent to an activating group) is 1. The van der Waals surface area contributed by atoms with Gasteiger partial charge in [0.2, 0.25) is 5.95 Å². The molecule has 2 aromatic heterocycles. The summed E-state index contributed by atoms with van der Waals surface area (Å²) < 4.78 is 12.1. The maximum atomic E-state index is 6.57. The predicted octanol–water partition coefficient (Wildman–Crippen LogP) is 2.81. The molecule has 0 spiro atoms. The van der Waals surface area contributed by atoms with Gasteiger partial charge in [0, 0.05) is 94.0 Å². The summed E-state index contributed by atoms with van der Waals surface area (Å²) in [7, 11) is 2.18. The molecule has 38 heavy (non-hydrogen) atoms. The zero-order valence-electron chi connectivity index (χ0n) is 22.3. The van der Waals surface area contributed by atoms with E-state index in [0.717, 1.165) is 113 Å². The van der Waals surface area contributed by atoms with Crippen LogP contribution < -0.4 is 15.0 Å². The molecular formula is C28H38N8O2. The number of hydrogen-bond acceptors (Lipinski definition) is 10. The number of hydrogen-bond donors (Lipinski definition) is 1. The highest BCUT2D eigenvalue weighted by atomic mass is 16.5. The Kier molecular flexibility index (Phi) is 7.80. The van der Waals surface area contributed by atoms with Crippen molar-refractivity contribution >= 4 is 22.7 Å². The van der Waals surface area contributed by atoms with E-state index in [1.807, 2.05) is 12.4 Å². The molecule has 10 nitrogen and oxygen atoms in total. The quantitative estimate of drug-likeness (QED) is 0.503. The largest absolute Gasteiger partial charge is 0.488 e. The summed E-state index contributed by atoms with van der Waals surface area (Å²) in [5.41, 5.74) is 4.00. The number of anilines is 2. The molecule has 1 saturated carbocycles. The predicted molar refractivity (Wildman–Crippen MR) is 148 cm³/mol. The SMILES string of the molecule is CN1CCN(Cc2cnc(N[C@H]3CC[C@@H](Oc4cc(N5CCOCC5)cc5nccnc45)CC3)nc2)CC1. The Hall–Kier alpha value is -3.08.